The summed E-state index contributed by atoms with van der Waals surface area (Å²) in [6, 6.07) is 14.7. The predicted octanol–water partition coefficient (Wildman–Crippen LogP) is 3.07. The Hall–Kier alpha value is -4.86. The summed E-state index contributed by atoms with van der Waals surface area (Å²) >= 11 is 0. The zero-order chi connectivity index (χ0) is 29.6. The fourth-order valence-corrected chi connectivity index (χ4v) is 5.62. The Kier molecular flexibility index (Phi) is 8.71. The van der Waals surface area contributed by atoms with E-state index in [-0.39, 0.29) is 24.3 Å². The molecule has 1 unspecified atom stereocenters. The molecule has 4 amide bonds. The van der Waals surface area contributed by atoms with E-state index in [2.05, 4.69) is 10.3 Å². The summed E-state index contributed by atoms with van der Waals surface area (Å²) in [5.41, 5.74) is 10.1. The average Bonchev–Trinajstić information content (AvgIpc) is 3.29. The lowest BCUT2D eigenvalue weighted by molar-refractivity contribution is -0.134. The van der Waals surface area contributed by atoms with E-state index in [0.29, 0.717) is 37.2 Å². The third-order valence-electron chi connectivity index (χ3n) is 7.86. The van der Waals surface area contributed by atoms with Crippen molar-refractivity contribution >= 4 is 46.8 Å². The van der Waals surface area contributed by atoms with Gasteiger partial charge in [-0.25, -0.2) is 0 Å². The van der Waals surface area contributed by atoms with Crippen LogP contribution >= 0.6 is 0 Å². The summed E-state index contributed by atoms with van der Waals surface area (Å²) in [7, 11) is 0. The highest BCUT2D eigenvalue weighted by Crippen LogP contribution is 2.41. The lowest BCUT2D eigenvalue weighted by Crippen LogP contribution is -2.53. The molecule has 0 bridgehead atoms. The van der Waals surface area contributed by atoms with Gasteiger partial charge in [0.1, 0.15) is 6.04 Å². The van der Waals surface area contributed by atoms with Gasteiger partial charge in [0.2, 0.25) is 18.2 Å². The van der Waals surface area contributed by atoms with Crippen molar-refractivity contribution in [2.24, 2.45) is 10.7 Å². The fourth-order valence-electron chi connectivity index (χ4n) is 5.62. The highest BCUT2D eigenvalue weighted by atomic mass is 16.2. The molecule has 1 atom stereocenters. The molecule has 1 aromatic heterocycles. The normalized spacial score (nSPS) is 19.2. The number of piperidine rings is 2. The van der Waals surface area contributed by atoms with Crippen LogP contribution in [0.2, 0.25) is 0 Å². The van der Waals surface area contributed by atoms with Crippen molar-refractivity contribution in [1.29, 1.82) is 0 Å². The number of amides is 4. The molecule has 10 nitrogen and oxygen atoms in total. The maximum absolute atomic E-state index is 13.3. The van der Waals surface area contributed by atoms with Gasteiger partial charge in [0.25, 0.3) is 5.91 Å². The fraction of sp³-hybridized carbons (Fsp3) is 0.312. The lowest BCUT2D eigenvalue weighted by atomic mass is 9.96. The molecule has 0 saturated carbocycles. The summed E-state index contributed by atoms with van der Waals surface area (Å²) in [5.74, 6) is -0.980. The molecule has 0 spiro atoms. The number of carbonyl (C=O) groups is 4. The number of allylic oxidation sites excluding steroid dienone is 1. The lowest BCUT2D eigenvalue weighted by Gasteiger charge is -2.30. The number of nitrogens with one attached hydrogen (secondary N) is 1. The van der Waals surface area contributed by atoms with Gasteiger partial charge in [-0.2, -0.15) is 0 Å². The number of hydrogen-bond acceptors (Lipinski definition) is 7. The van der Waals surface area contributed by atoms with Gasteiger partial charge >= 0.3 is 0 Å². The number of rotatable bonds is 6. The smallest absolute Gasteiger partial charge is 0.259 e. The molecular weight excluding hydrogens is 532 g/mol. The first-order chi connectivity index (χ1) is 20.4. The molecule has 216 valence electrons. The number of aliphatic imine (C=N–C) groups is 1. The molecule has 4 heterocycles. The molecule has 0 aliphatic carbocycles. The largest absolute Gasteiger partial charge is 0.404 e. The molecule has 3 N–H and O–H groups in total. The number of nitrogens with two attached hydrogens (primary N) is 1. The molecule has 6 rings (SSSR count). The number of hydrogen-bond donors (Lipinski definition) is 2. The Morgan fingerprint density at radius 3 is 2.52 bits per heavy atom. The Morgan fingerprint density at radius 2 is 1.88 bits per heavy atom. The van der Waals surface area contributed by atoms with Crippen LogP contribution in [0.1, 0.15) is 47.3 Å². The third-order valence-corrected chi connectivity index (χ3v) is 7.86. The van der Waals surface area contributed by atoms with E-state index >= 15 is 0 Å². The van der Waals surface area contributed by atoms with Gasteiger partial charge in [0, 0.05) is 55.0 Å². The minimum atomic E-state index is -0.709. The van der Waals surface area contributed by atoms with E-state index < -0.39 is 11.9 Å². The molecule has 2 aromatic carbocycles. The van der Waals surface area contributed by atoms with E-state index in [0.717, 1.165) is 46.9 Å². The highest BCUT2D eigenvalue weighted by molar-refractivity contribution is 6.27. The number of anilines is 1. The number of benzene rings is 2. The van der Waals surface area contributed by atoms with E-state index in [9.17, 15) is 19.2 Å². The third kappa shape index (κ3) is 6.07. The maximum Gasteiger partial charge on any atom is 0.259 e. The van der Waals surface area contributed by atoms with Gasteiger partial charge in [0.05, 0.1) is 11.7 Å². The van der Waals surface area contributed by atoms with Crippen LogP contribution in [-0.2, 0) is 20.8 Å². The van der Waals surface area contributed by atoms with Crippen LogP contribution in [0.4, 0.5) is 5.69 Å². The van der Waals surface area contributed by atoms with Gasteiger partial charge < -0.3 is 10.6 Å². The predicted molar refractivity (Wildman–Crippen MR) is 161 cm³/mol. The summed E-state index contributed by atoms with van der Waals surface area (Å²) in [6.45, 7) is 3.39. The van der Waals surface area contributed by atoms with Crippen LogP contribution in [0.25, 0.3) is 10.8 Å². The molecule has 2 saturated heterocycles. The summed E-state index contributed by atoms with van der Waals surface area (Å²) in [5, 5.41) is 4.09. The quantitative estimate of drug-likeness (QED) is 0.267. The first-order valence-electron chi connectivity index (χ1n) is 14.1. The zero-order valence-electron chi connectivity index (χ0n) is 23.5. The molecule has 10 heteroatoms. The monoisotopic (exact) mass is 566 g/mol. The van der Waals surface area contributed by atoms with Gasteiger partial charge in [-0.15, -0.1) is 0 Å². The summed E-state index contributed by atoms with van der Waals surface area (Å²) in [6.07, 6.45) is 8.73. The summed E-state index contributed by atoms with van der Waals surface area (Å²) in [4.78, 5) is 60.3. The molecule has 42 heavy (non-hydrogen) atoms. The van der Waals surface area contributed by atoms with Crippen molar-refractivity contribution in [1.82, 2.24) is 15.2 Å². The average molecular weight is 567 g/mol. The van der Waals surface area contributed by atoms with Crippen LogP contribution in [0.5, 0.6) is 0 Å². The second-order valence-corrected chi connectivity index (χ2v) is 10.7. The first kappa shape index (κ1) is 28.7. The van der Waals surface area contributed by atoms with E-state index in [1.165, 1.54) is 4.90 Å². The second-order valence-electron chi connectivity index (χ2n) is 10.7. The molecule has 0 radical (unpaired) electrons. The minimum Gasteiger partial charge on any atom is -0.404 e. The van der Waals surface area contributed by atoms with E-state index in [1.807, 2.05) is 55.6 Å². The number of likely N-dealkylation sites (tertiary alicyclic amines) is 1. The van der Waals surface area contributed by atoms with Crippen LogP contribution in [0.15, 0.2) is 71.5 Å². The molecule has 2 fully saturated rings. The Bertz CT molecular complexity index is 1560. The van der Waals surface area contributed by atoms with Crippen LogP contribution in [0.3, 0.4) is 0 Å². The van der Waals surface area contributed by atoms with Gasteiger partial charge in [0.15, 0.2) is 0 Å². The Balaban J connectivity index is 0.000000442. The van der Waals surface area contributed by atoms with Crippen molar-refractivity contribution in [2.45, 2.75) is 51.1 Å². The van der Waals surface area contributed by atoms with Crippen LogP contribution in [-0.4, -0.2) is 65.4 Å². The van der Waals surface area contributed by atoms with Crippen molar-refractivity contribution in [2.75, 3.05) is 18.0 Å². The number of pyridine rings is 1. The maximum atomic E-state index is 13.3. The highest BCUT2D eigenvalue weighted by Gasteiger charge is 2.40. The van der Waals surface area contributed by atoms with Crippen LogP contribution in [0, 0.1) is 6.92 Å². The topological polar surface area (TPSA) is 138 Å². The standard InChI is InChI=1S/C26H27N5O4.C6H7N/c27-13-16(14-28-18-8-10-30(15-32)11-9-18)12-17-4-5-21-24-19(17)2-1-3-20(24)26(35)31(21)22-6-7-23(33)29-25(22)34;1-6-4-2-3-5-7-6/h1-5,13-15,18,22H,6-12,27H2,(H,29,33,34);2-5H,1H3/b16-13-,28-14?;. The first-order valence-corrected chi connectivity index (χ1v) is 14.1. The van der Waals surface area contributed by atoms with Crippen molar-refractivity contribution in [3.63, 3.8) is 0 Å². The second kappa shape index (κ2) is 12.8. The Morgan fingerprint density at radius 1 is 1.07 bits per heavy atom. The van der Waals surface area contributed by atoms with Gasteiger partial charge in [-0.1, -0.05) is 24.3 Å². The van der Waals surface area contributed by atoms with Crippen LogP contribution < -0.4 is 16.0 Å². The molecule has 3 aliphatic rings. The number of carbonyl (C=O) groups excluding carboxylic acids is 4. The van der Waals surface area contributed by atoms with Crippen molar-refractivity contribution < 1.29 is 19.2 Å². The van der Waals surface area contributed by atoms with Crippen molar-refractivity contribution in [3.05, 3.63) is 83.3 Å². The molecular formula is C32H34N6O4. The van der Waals surface area contributed by atoms with Gasteiger partial charge in [-0.3, -0.25) is 39.4 Å². The zero-order valence-corrected chi connectivity index (χ0v) is 23.5. The number of imide groups is 1. The molecule has 3 aromatic rings. The number of nitrogens with zero attached hydrogens (tertiary/aromatic N) is 4. The SMILES string of the molecule is Cc1ccccn1.N/C=C(\C=NC1CCN(C=O)CC1)Cc1ccc2c3c(cccc13)C(=O)N2C1CCC(=O)NC1=O. The Labute approximate surface area is 244 Å². The summed E-state index contributed by atoms with van der Waals surface area (Å²) < 4.78 is 0. The number of aryl methyl sites for hydroxylation is 1. The van der Waals surface area contributed by atoms with Crippen molar-refractivity contribution in [3.8, 4) is 0 Å². The van der Waals surface area contributed by atoms with E-state index in [1.54, 1.807) is 23.4 Å². The molecule has 3 aliphatic heterocycles. The minimum absolute atomic E-state index is 0.161. The number of aromatic nitrogens is 1. The van der Waals surface area contributed by atoms with E-state index in [4.69, 9.17) is 10.7 Å². The van der Waals surface area contributed by atoms with Gasteiger partial charge in [-0.05, 0) is 73.2 Å².